The van der Waals surface area contributed by atoms with E-state index in [9.17, 15) is 4.79 Å². The van der Waals surface area contributed by atoms with E-state index in [0.717, 1.165) is 18.7 Å². The predicted molar refractivity (Wildman–Crippen MR) is 79.8 cm³/mol. The summed E-state index contributed by atoms with van der Waals surface area (Å²) in [6, 6.07) is 8.15. The van der Waals surface area contributed by atoms with Crippen LogP contribution in [0.1, 0.15) is 35.7 Å². The third-order valence-electron chi connectivity index (χ3n) is 3.96. The molecule has 4 nitrogen and oxygen atoms in total. The molecule has 1 aromatic carbocycles. The molecular formula is C16H24N2O2. The average Bonchev–Trinajstić information content (AvgIpc) is 2.52. The van der Waals surface area contributed by atoms with E-state index in [2.05, 4.69) is 17.1 Å². The lowest BCUT2D eigenvalue weighted by molar-refractivity contribution is 0.0599. The first kappa shape index (κ1) is 15.0. The molecule has 1 aliphatic rings. The molecule has 4 heteroatoms. The normalized spacial score (nSPS) is 19.8. The molecule has 0 bridgehead atoms. The van der Waals surface area contributed by atoms with Crippen molar-refractivity contribution in [3.63, 3.8) is 0 Å². The Morgan fingerprint density at radius 1 is 1.45 bits per heavy atom. The molecule has 1 saturated heterocycles. The second kappa shape index (κ2) is 7.41. The highest BCUT2D eigenvalue weighted by atomic mass is 16.5. The molecule has 1 fully saturated rings. The van der Waals surface area contributed by atoms with Crippen molar-refractivity contribution in [2.75, 3.05) is 26.7 Å². The summed E-state index contributed by atoms with van der Waals surface area (Å²) in [4.78, 5) is 14.2. The monoisotopic (exact) mass is 276 g/mol. The van der Waals surface area contributed by atoms with Crippen molar-refractivity contribution in [2.45, 2.75) is 32.4 Å². The van der Waals surface area contributed by atoms with Crippen molar-refractivity contribution in [1.82, 2.24) is 10.2 Å². The maximum Gasteiger partial charge on any atom is 0.338 e. The summed E-state index contributed by atoms with van der Waals surface area (Å²) in [5, 5.41) is 3.57. The topological polar surface area (TPSA) is 41.6 Å². The first-order chi connectivity index (χ1) is 9.74. The van der Waals surface area contributed by atoms with Gasteiger partial charge in [-0.05, 0) is 37.6 Å². The number of carbonyl (C=O) groups excluding carboxylic acids is 1. The van der Waals surface area contributed by atoms with Crippen LogP contribution in [0.2, 0.25) is 0 Å². The summed E-state index contributed by atoms with van der Waals surface area (Å²) < 4.78 is 4.83. The second-order valence-electron chi connectivity index (χ2n) is 5.26. The molecule has 1 unspecified atom stereocenters. The Kier molecular flexibility index (Phi) is 5.56. The van der Waals surface area contributed by atoms with Crippen LogP contribution in [-0.2, 0) is 11.3 Å². The van der Waals surface area contributed by atoms with Gasteiger partial charge in [0.2, 0.25) is 0 Å². The number of nitrogens with one attached hydrogen (secondary N) is 1. The van der Waals surface area contributed by atoms with Gasteiger partial charge in [-0.3, -0.25) is 0 Å². The Bertz CT molecular complexity index is 448. The van der Waals surface area contributed by atoms with E-state index in [-0.39, 0.29) is 5.97 Å². The Morgan fingerprint density at radius 2 is 2.25 bits per heavy atom. The van der Waals surface area contributed by atoms with E-state index in [1.807, 2.05) is 24.3 Å². The largest absolute Gasteiger partial charge is 0.465 e. The van der Waals surface area contributed by atoms with Crippen molar-refractivity contribution in [3.8, 4) is 0 Å². The number of carbonyl (C=O) groups is 1. The molecule has 20 heavy (non-hydrogen) atoms. The molecular weight excluding hydrogens is 252 g/mol. The summed E-state index contributed by atoms with van der Waals surface area (Å²) in [5.74, 6) is -0.263. The van der Waals surface area contributed by atoms with Crippen LogP contribution in [0.4, 0.5) is 0 Å². The summed E-state index contributed by atoms with van der Waals surface area (Å²) in [6.45, 7) is 6.32. The number of nitrogens with zero attached hydrogens (tertiary/aromatic N) is 1. The van der Waals surface area contributed by atoms with Crippen molar-refractivity contribution in [1.29, 1.82) is 0 Å². The average molecular weight is 276 g/mol. The number of methoxy groups -OCH3 is 1. The molecule has 2 rings (SSSR count). The Balaban J connectivity index is 1.95. The second-order valence-corrected chi connectivity index (χ2v) is 5.26. The molecule has 0 radical (unpaired) electrons. The van der Waals surface area contributed by atoms with Gasteiger partial charge in [0.1, 0.15) is 0 Å². The molecule has 1 aliphatic heterocycles. The fourth-order valence-corrected chi connectivity index (χ4v) is 2.75. The summed E-state index contributed by atoms with van der Waals surface area (Å²) in [6.07, 6.45) is 2.45. The van der Waals surface area contributed by atoms with Gasteiger partial charge in [-0.1, -0.05) is 25.1 Å². The minimum atomic E-state index is -0.263. The van der Waals surface area contributed by atoms with E-state index in [1.54, 1.807) is 0 Å². The fourth-order valence-electron chi connectivity index (χ4n) is 2.75. The molecule has 0 saturated carbocycles. The number of benzene rings is 1. The lowest BCUT2D eigenvalue weighted by Gasteiger charge is -2.32. The number of esters is 1. The predicted octanol–water partition coefficient (Wildman–Crippen LogP) is 2.05. The number of hydrogen-bond donors (Lipinski definition) is 1. The highest BCUT2D eigenvalue weighted by Crippen LogP contribution is 2.13. The van der Waals surface area contributed by atoms with Crippen LogP contribution in [0.3, 0.4) is 0 Å². The minimum absolute atomic E-state index is 0.263. The van der Waals surface area contributed by atoms with E-state index in [0.29, 0.717) is 18.2 Å². The Morgan fingerprint density at radius 3 is 3.00 bits per heavy atom. The third-order valence-corrected chi connectivity index (χ3v) is 3.96. The zero-order valence-corrected chi connectivity index (χ0v) is 12.4. The standard InChI is InChI=1S/C16H24N2O2/c1-3-18-10-6-8-14(12-18)17-11-13-7-4-5-9-15(13)16(19)20-2/h4-5,7,9,14,17H,3,6,8,10-12H2,1-2H3. The van der Waals surface area contributed by atoms with Crippen LogP contribution in [0.25, 0.3) is 0 Å². The van der Waals surface area contributed by atoms with Crippen LogP contribution in [0, 0.1) is 0 Å². The lowest BCUT2D eigenvalue weighted by atomic mass is 10.0. The molecule has 0 amide bonds. The van der Waals surface area contributed by atoms with Gasteiger partial charge in [-0.25, -0.2) is 4.79 Å². The van der Waals surface area contributed by atoms with Crippen LogP contribution >= 0.6 is 0 Å². The lowest BCUT2D eigenvalue weighted by Crippen LogP contribution is -2.45. The van der Waals surface area contributed by atoms with Crippen LogP contribution in [0.15, 0.2) is 24.3 Å². The number of likely N-dealkylation sites (N-methyl/N-ethyl adjacent to an activating group) is 1. The fraction of sp³-hybridized carbons (Fsp3) is 0.562. The maximum atomic E-state index is 11.7. The van der Waals surface area contributed by atoms with Crippen LogP contribution in [-0.4, -0.2) is 43.7 Å². The van der Waals surface area contributed by atoms with Gasteiger partial charge >= 0.3 is 5.97 Å². The van der Waals surface area contributed by atoms with Crippen LogP contribution < -0.4 is 5.32 Å². The van der Waals surface area contributed by atoms with Gasteiger partial charge in [-0.2, -0.15) is 0 Å². The number of ether oxygens (including phenoxy) is 1. The van der Waals surface area contributed by atoms with Gasteiger partial charge in [0, 0.05) is 19.1 Å². The van der Waals surface area contributed by atoms with Crippen LogP contribution in [0.5, 0.6) is 0 Å². The maximum absolute atomic E-state index is 11.7. The quantitative estimate of drug-likeness (QED) is 0.836. The van der Waals surface area contributed by atoms with E-state index >= 15 is 0 Å². The molecule has 1 N–H and O–H groups in total. The summed E-state index contributed by atoms with van der Waals surface area (Å²) in [7, 11) is 1.42. The van der Waals surface area contributed by atoms with Crippen molar-refractivity contribution < 1.29 is 9.53 Å². The van der Waals surface area contributed by atoms with E-state index in [4.69, 9.17) is 4.74 Å². The highest BCUT2D eigenvalue weighted by Gasteiger charge is 2.19. The van der Waals surface area contributed by atoms with Gasteiger partial charge in [-0.15, -0.1) is 0 Å². The number of piperidine rings is 1. The van der Waals surface area contributed by atoms with Gasteiger partial charge in [0.05, 0.1) is 12.7 Å². The smallest absolute Gasteiger partial charge is 0.338 e. The summed E-state index contributed by atoms with van der Waals surface area (Å²) in [5.41, 5.74) is 1.67. The van der Waals surface area contributed by atoms with Crippen molar-refractivity contribution >= 4 is 5.97 Å². The highest BCUT2D eigenvalue weighted by molar-refractivity contribution is 5.90. The number of rotatable bonds is 5. The van der Waals surface area contributed by atoms with E-state index in [1.165, 1.54) is 26.5 Å². The Labute approximate surface area is 121 Å². The molecule has 110 valence electrons. The minimum Gasteiger partial charge on any atom is -0.465 e. The molecule has 1 aromatic rings. The van der Waals surface area contributed by atoms with E-state index < -0.39 is 0 Å². The number of hydrogen-bond acceptors (Lipinski definition) is 4. The Hall–Kier alpha value is -1.39. The van der Waals surface area contributed by atoms with Gasteiger partial charge < -0.3 is 15.0 Å². The third kappa shape index (κ3) is 3.81. The van der Waals surface area contributed by atoms with Crippen molar-refractivity contribution in [2.24, 2.45) is 0 Å². The zero-order chi connectivity index (χ0) is 14.4. The first-order valence-electron chi connectivity index (χ1n) is 7.36. The zero-order valence-electron chi connectivity index (χ0n) is 12.4. The van der Waals surface area contributed by atoms with Gasteiger partial charge in [0.15, 0.2) is 0 Å². The summed E-state index contributed by atoms with van der Waals surface area (Å²) >= 11 is 0. The van der Waals surface area contributed by atoms with Crippen molar-refractivity contribution in [3.05, 3.63) is 35.4 Å². The molecule has 1 atom stereocenters. The first-order valence-corrected chi connectivity index (χ1v) is 7.36. The molecule has 1 heterocycles. The number of likely N-dealkylation sites (tertiary alicyclic amines) is 1. The molecule has 0 spiro atoms. The SMILES string of the molecule is CCN1CCCC(NCc2ccccc2C(=O)OC)C1. The van der Waals surface area contributed by atoms with Gasteiger partial charge in [0.25, 0.3) is 0 Å². The molecule has 0 aromatic heterocycles. The molecule has 0 aliphatic carbocycles.